The minimum absolute atomic E-state index is 0.0658. The van der Waals surface area contributed by atoms with E-state index in [1.165, 1.54) is 6.07 Å². The largest absolute Gasteiger partial charge is 0.272 e. The van der Waals surface area contributed by atoms with Gasteiger partial charge in [-0.15, -0.1) is 0 Å². The summed E-state index contributed by atoms with van der Waals surface area (Å²) in [6, 6.07) is 6.51. The number of hydrogen-bond acceptors (Lipinski definition) is 5. The molecule has 112 valence electrons. The van der Waals surface area contributed by atoms with Crippen LogP contribution in [0.5, 0.6) is 0 Å². The van der Waals surface area contributed by atoms with E-state index in [1.807, 2.05) is 0 Å². The zero-order valence-electron chi connectivity index (χ0n) is 11.7. The highest BCUT2D eigenvalue weighted by atomic mass is 32.2. The maximum Gasteiger partial charge on any atom is 0.272 e. The summed E-state index contributed by atoms with van der Waals surface area (Å²) in [5.41, 5.74) is 1.89. The number of nitrogens with zero attached hydrogens (tertiary/aromatic N) is 3. The number of nitro groups is 1. The summed E-state index contributed by atoms with van der Waals surface area (Å²) in [6.45, 7) is 2.05. The quantitative estimate of drug-likeness (QED) is 0.618. The van der Waals surface area contributed by atoms with Crippen molar-refractivity contribution >= 4 is 15.5 Å². The molecule has 0 amide bonds. The second-order valence-electron chi connectivity index (χ2n) is 4.89. The predicted molar refractivity (Wildman–Crippen MR) is 77.7 cm³/mol. The standard InChI is InChI=1S/C13H15N3O4S/c1-10-11(4-3-5-13(10)16(17)18)8-15-7-6-12(14-15)9-21(2,19)20/h3-7H,8-9H2,1-2H3. The molecule has 0 fully saturated rings. The average molecular weight is 309 g/mol. The van der Waals surface area contributed by atoms with E-state index in [2.05, 4.69) is 5.10 Å². The zero-order chi connectivity index (χ0) is 15.6. The van der Waals surface area contributed by atoms with Gasteiger partial charge in [0.2, 0.25) is 0 Å². The summed E-state index contributed by atoms with van der Waals surface area (Å²) in [4.78, 5) is 10.5. The lowest BCUT2D eigenvalue weighted by atomic mass is 10.1. The molecular weight excluding hydrogens is 294 g/mol. The molecule has 0 atom stereocenters. The third-order valence-corrected chi connectivity index (χ3v) is 3.87. The predicted octanol–water partition coefficient (Wildman–Crippen LogP) is 1.69. The first-order valence-electron chi connectivity index (χ1n) is 6.19. The Hall–Kier alpha value is -2.22. The van der Waals surface area contributed by atoms with Crippen LogP contribution in [-0.2, 0) is 22.1 Å². The summed E-state index contributed by atoms with van der Waals surface area (Å²) in [5, 5.41) is 15.1. The Balaban J connectivity index is 2.23. The Bertz CT molecular complexity index is 780. The lowest BCUT2D eigenvalue weighted by molar-refractivity contribution is -0.385. The monoisotopic (exact) mass is 309 g/mol. The molecule has 0 unspecified atom stereocenters. The molecule has 0 radical (unpaired) electrons. The van der Waals surface area contributed by atoms with Crippen molar-refractivity contribution in [3.63, 3.8) is 0 Å². The number of sulfone groups is 1. The number of nitro benzene ring substituents is 1. The van der Waals surface area contributed by atoms with E-state index in [-0.39, 0.29) is 11.4 Å². The smallest absolute Gasteiger partial charge is 0.268 e. The highest BCUT2D eigenvalue weighted by Crippen LogP contribution is 2.21. The second kappa shape index (κ2) is 5.65. The Morgan fingerprint density at radius 2 is 2.05 bits per heavy atom. The van der Waals surface area contributed by atoms with Gasteiger partial charge in [-0.2, -0.15) is 5.10 Å². The van der Waals surface area contributed by atoms with Crippen LogP contribution in [0.4, 0.5) is 5.69 Å². The van der Waals surface area contributed by atoms with Gasteiger partial charge in [0, 0.05) is 24.1 Å². The zero-order valence-corrected chi connectivity index (χ0v) is 12.5. The molecule has 0 aliphatic heterocycles. The third-order valence-electron chi connectivity index (χ3n) is 3.05. The fourth-order valence-corrected chi connectivity index (χ4v) is 2.74. The van der Waals surface area contributed by atoms with Gasteiger partial charge in [-0.25, -0.2) is 8.42 Å². The maximum atomic E-state index is 11.2. The van der Waals surface area contributed by atoms with Crippen LogP contribution in [0, 0.1) is 17.0 Å². The molecule has 1 heterocycles. The number of aromatic nitrogens is 2. The number of benzene rings is 1. The van der Waals surface area contributed by atoms with Crippen LogP contribution in [0.15, 0.2) is 30.5 Å². The van der Waals surface area contributed by atoms with E-state index >= 15 is 0 Å². The molecule has 0 N–H and O–H groups in total. The molecule has 7 nitrogen and oxygen atoms in total. The van der Waals surface area contributed by atoms with E-state index in [1.54, 1.807) is 36.0 Å². The molecule has 0 saturated heterocycles. The van der Waals surface area contributed by atoms with Gasteiger partial charge in [0.25, 0.3) is 5.69 Å². The van der Waals surface area contributed by atoms with Crippen molar-refractivity contribution in [2.45, 2.75) is 19.2 Å². The molecule has 2 aromatic rings. The summed E-state index contributed by atoms with van der Waals surface area (Å²) in [6.07, 6.45) is 2.81. The van der Waals surface area contributed by atoms with Crippen molar-refractivity contribution in [1.29, 1.82) is 0 Å². The number of hydrogen-bond donors (Lipinski definition) is 0. The van der Waals surface area contributed by atoms with Crippen LogP contribution in [0.1, 0.15) is 16.8 Å². The summed E-state index contributed by atoms with van der Waals surface area (Å²) < 4.78 is 24.0. The van der Waals surface area contributed by atoms with Gasteiger partial charge >= 0.3 is 0 Å². The van der Waals surface area contributed by atoms with Crippen LogP contribution in [-0.4, -0.2) is 29.4 Å². The van der Waals surface area contributed by atoms with E-state index in [0.29, 0.717) is 17.8 Å². The van der Waals surface area contributed by atoms with E-state index in [4.69, 9.17) is 0 Å². The van der Waals surface area contributed by atoms with Crippen molar-refractivity contribution in [3.8, 4) is 0 Å². The Labute approximate surface area is 122 Å². The lowest BCUT2D eigenvalue weighted by Crippen LogP contribution is -2.06. The Morgan fingerprint density at radius 3 is 2.67 bits per heavy atom. The minimum atomic E-state index is -3.13. The summed E-state index contributed by atoms with van der Waals surface area (Å²) in [7, 11) is -3.13. The molecule has 2 rings (SSSR count). The van der Waals surface area contributed by atoms with Gasteiger partial charge in [0.15, 0.2) is 9.84 Å². The first-order valence-corrected chi connectivity index (χ1v) is 8.25. The van der Waals surface area contributed by atoms with Crippen LogP contribution in [0.2, 0.25) is 0 Å². The number of rotatable bonds is 5. The van der Waals surface area contributed by atoms with Crippen LogP contribution >= 0.6 is 0 Å². The molecule has 8 heteroatoms. The molecular formula is C13H15N3O4S. The second-order valence-corrected chi connectivity index (χ2v) is 7.03. The summed E-state index contributed by atoms with van der Waals surface area (Å²) >= 11 is 0. The van der Waals surface area contributed by atoms with E-state index in [0.717, 1.165) is 11.8 Å². The lowest BCUT2D eigenvalue weighted by Gasteiger charge is -2.06. The average Bonchev–Trinajstić information content (AvgIpc) is 2.76. The van der Waals surface area contributed by atoms with Crippen molar-refractivity contribution in [3.05, 3.63) is 57.4 Å². The van der Waals surface area contributed by atoms with Crippen LogP contribution in [0.3, 0.4) is 0 Å². The Kier molecular flexibility index (Phi) is 4.08. The first-order chi connectivity index (χ1) is 9.76. The van der Waals surface area contributed by atoms with Crippen molar-refractivity contribution in [2.24, 2.45) is 0 Å². The van der Waals surface area contributed by atoms with Crippen molar-refractivity contribution in [1.82, 2.24) is 9.78 Å². The normalized spacial score (nSPS) is 11.5. The third kappa shape index (κ3) is 3.88. The van der Waals surface area contributed by atoms with Crippen LogP contribution in [0.25, 0.3) is 0 Å². The maximum absolute atomic E-state index is 11.2. The minimum Gasteiger partial charge on any atom is -0.268 e. The topological polar surface area (TPSA) is 95.1 Å². The molecule has 1 aromatic carbocycles. The van der Waals surface area contributed by atoms with Gasteiger partial charge in [-0.1, -0.05) is 12.1 Å². The molecule has 21 heavy (non-hydrogen) atoms. The highest BCUT2D eigenvalue weighted by Gasteiger charge is 2.14. The Morgan fingerprint density at radius 1 is 1.33 bits per heavy atom. The first kappa shape index (κ1) is 15.2. The molecule has 0 saturated carbocycles. The fourth-order valence-electron chi connectivity index (χ4n) is 2.05. The fraction of sp³-hybridized carbons (Fsp3) is 0.308. The van der Waals surface area contributed by atoms with Crippen LogP contribution < -0.4 is 0 Å². The molecule has 1 aromatic heterocycles. The van der Waals surface area contributed by atoms with E-state index < -0.39 is 14.8 Å². The van der Waals surface area contributed by atoms with E-state index in [9.17, 15) is 18.5 Å². The SMILES string of the molecule is Cc1c(Cn2ccc(CS(C)(=O)=O)n2)cccc1[N+](=O)[O-]. The van der Waals surface area contributed by atoms with Crippen molar-refractivity contribution in [2.75, 3.05) is 6.26 Å². The van der Waals surface area contributed by atoms with Gasteiger partial charge < -0.3 is 0 Å². The summed E-state index contributed by atoms with van der Waals surface area (Å²) in [5.74, 6) is -0.117. The van der Waals surface area contributed by atoms with Gasteiger partial charge in [0.05, 0.1) is 22.9 Å². The van der Waals surface area contributed by atoms with Gasteiger partial charge in [-0.3, -0.25) is 14.8 Å². The molecule has 0 spiro atoms. The van der Waals surface area contributed by atoms with Gasteiger partial charge in [-0.05, 0) is 18.6 Å². The van der Waals surface area contributed by atoms with Gasteiger partial charge in [0.1, 0.15) is 0 Å². The molecule has 0 aliphatic carbocycles. The highest BCUT2D eigenvalue weighted by molar-refractivity contribution is 7.89. The molecule has 0 aliphatic rings. The molecule has 0 bridgehead atoms. The van der Waals surface area contributed by atoms with Crippen molar-refractivity contribution < 1.29 is 13.3 Å².